The van der Waals surface area contributed by atoms with Gasteiger partial charge in [0.05, 0.1) is 5.66 Å². The molecule has 3 heteroatoms. The number of nitrogens with one attached hydrogen (secondary N) is 1. The fourth-order valence-corrected chi connectivity index (χ4v) is 5.80. The number of nitrogens with two attached hydrogens (primary N) is 1. The molecule has 1 saturated heterocycles. The van der Waals surface area contributed by atoms with E-state index in [1.807, 2.05) is 0 Å². The van der Waals surface area contributed by atoms with E-state index in [9.17, 15) is 0 Å². The third-order valence-corrected chi connectivity index (χ3v) is 8.93. The topological polar surface area (TPSA) is 41.3 Å². The van der Waals surface area contributed by atoms with E-state index in [4.69, 9.17) is 5.73 Å². The highest BCUT2D eigenvalue weighted by molar-refractivity contribution is 5.00. The van der Waals surface area contributed by atoms with Gasteiger partial charge in [-0.05, 0) is 66.1 Å². The molecule has 0 aromatic heterocycles. The lowest BCUT2D eigenvalue weighted by atomic mass is 9.50. The van der Waals surface area contributed by atoms with Gasteiger partial charge in [-0.1, -0.05) is 62.3 Å². The van der Waals surface area contributed by atoms with E-state index in [2.05, 4.69) is 79.5 Å². The Morgan fingerprint density at radius 3 is 1.61 bits per heavy atom. The van der Waals surface area contributed by atoms with Crippen molar-refractivity contribution in [2.45, 2.75) is 101 Å². The Balaban J connectivity index is 1.95. The molecular formula is C25H51N3. The summed E-state index contributed by atoms with van der Waals surface area (Å²) in [6.45, 7) is 28.6. The van der Waals surface area contributed by atoms with Crippen LogP contribution in [0.3, 0.4) is 0 Å². The minimum Gasteiger partial charge on any atom is -0.314 e. The van der Waals surface area contributed by atoms with Crippen LogP contribution < -0.4 is 11.1 Å². The zero-order chi connectivity index (χ0) is 21.6. The lowest BCUT2D eigenvalue weighted by Gasteiger charge is -2.56. The van der Waals surface area contributed by atoms with Crippen LogP contribution in [0.15, 0.2) is 0 Å². The van der Waals surface area contributed by atoms with Gasteiger partial charge in [0, 0.05) is 26.2 Å². The quantitative estimate of drug-likeness (QED) is 0.600. The first kappa shape index (κ1) is 24.2. The molecule has 0 aromatic rings. The lowest BCUT2D eigenvalue weighted by Crippen LogP contribution is -2.61. The van der Waals surface area contributed by atoms with Gasteiger partial charge in [-0.25, -0.2) is 0 Å². The van der Waals surface area contributed by atoms with E-state index in [-0.39, 0.29) is 5.66 Å². The molecule has 1 unspecified atom stereocenters. The maximum Gasteiger partial charge on any atom is 0.0664 e. The second-order valence-corrected chi connectivity index (χ2v) is 13.4. The van der Waals surface area contributed by atoms with Gasteiger partial charge in [-0.15, -0.1) is 0 Å². The Labute approximate surface area is 176 Å². The predicted molar refractivity (Wildman–Crippen MR) is 123 cm³/mol. The molecule has 166 valence electrons. The molecule has 1 saturated carbocycles. The molecule has 0 aromatic carbocycles. The fraction of sp³-hybridized carbons (Fsp3) is 1.00. The third kappa shape index (κ3) is 5.32. The maximum absolute atomic E-state index is 6.84. The predicted octanol–water partition coefficient (Wildman–Crippen LogP) is 5.50. The van der Waals surface area contributed by atoms with Crippen molar-refractivity contribution in [3.05, 3.63) is 0 Å². The summed E-state index contributed by atoms with van der Waals surface area (Å²) >= 11 is 0. The largest absolute Gasteiger partial charge is 0.314 e. The molecule has 2 rings (SSSR count). The molecule has 1 heterocycles. The Hall–Kier alpha value is -0.120. The SMILES string of the molecule is CC(C)(CC(C)(N)N1CCNCC1)C1CC(C(C)(C)CC(C)(C)C(C)(C)C)C1. The standard InChI is InChI=1S/C25H51N3/c1-21(2,3)24(8,9)17-22(4,5)19-15-20(16-19)23(6,7)18-25(10,26)28-13-11-27-12-14-28/h19-20,27H,11-18,26H2,1-10H3. The molecule has 1 atom stereocenters. The van der Waals surface area contributed by atoms with E-state index in [0.717, 1.165) is 44.4 Å². The summed E-state index contributed by atoms with van der Waals surface area (Å²) in [6, 6.07) is 0. The Morgan fingerprint density at radius 1 is 0.750 bits per heavy atom. The number of rotatable bonds is 7. The van der Waals surface area contributed by atoms with Crippen LogP contribution >= 0.6 is 0 Å². The summed E-state index contributed by atoms with van der Waals surface area (Å²) in [5.41, 5.74) is 8.07. The van der Waals surface area contributed by atoms with E-state index in [0.29, 0.717) is 21.7 Å². The number of hydrogen-bond acceptors (Lipinski definition) is 3. The first-order chi connectivity index (χ1) is 12.5. The molecule has 2 aliphatic rings. The van der Waals surface area contributed by atoms with Gasteiger partial charge in [0.25, 0.3) is 0 Å². The fourth-order valence-electron chi connectivity index (χ4n) is 5.80. The van der Waals surface area contributed by atoms with Crippen LogP contribution in [-0.2, 0) is 0 Å². The van der Waals surface area contributed by atoms with Gasteiger partial charge in [-0.3, -0.25) is 4.90 Å². The van der Waals surface area contributed by atoms with Crippen molar-refractivity contribution in [1.29, 1.82) is 0 Å². The third-order valence-electron chi connectivity index (χ3n) is 8.93. The maximum atomic E-state index is 6.84. The van der Waals surface area contributed by atoms with Gasteiger partial charge < -0.3 is 11.1 Å². The first-order valence-electron chi connectivity index (χ1n) is 11.7. The highest BCUT2D eigenvalue weighted by Crippen LogP contribution is 2.58. The average Bonchev–Trinajstić information content (AvgIpc) is 2.42. The molecule has 28 heavy (non-hydrogen) atoms. The van der Waals surface area contributed by atoms with E-state index in [1.54, 1.807) is 0 Å². The summed E-state index contributed by atoms with van der Waals surface area (Å²) in [5.74, 6) is 1.65. The van der Waals surface area contributed by atoms with Crippen molar-refractivity contribution in [2.75, 3.05) is 26.2 Å². The molecule has 1 aliphatic heterocycles. The molecule has 3 N–H and O–H groups in total. The van der Waals surface area contributed by atoms with Gasteiger partial charge in [0.15, 0.2) is 0 Å². The first-order valence-corrected chi connectivity index (χ1v) is 11.7. The minimum atomic E-state index is -0.194. The van der Waals surface area contributed by atoms with Crippen LogP contribution in [-0.4, -0.2) is 36.7 Å². The zero-order valence-electron chi connectivity index (χ0n) is 20.8. The zero-order valence-corrected chi connectivity index (χ0v) is 20.8. The summed E-state index contributed by atoms with van der Waals surface area (Å²) < 4.78 is 0. The summed E-state index contributed by atoms with van der Waals surface area (Å²) in [6.07, 6.45) is 5.14. The molecule has 3 nitrogen and oxygen atoms in total. The van der Waals surface area contributed by atoms with E-state index >= 15 is 0 Å². The lowest BCUT2D eigenvalue weighted by molar-refractivity contribution is -0.0606. The van der Waals surface area contributed by atoms with E-state index in [1.165, 1.54) is 19.3 Å². The monoisotopic (exact) mass is 393 g/mol. The summed E-state index contributed by atoms with van der Waals surface area (Å²) in [4.78, 5) is 2.50. The van der Waals surface area contributed by atoms with Crippen LogP contribution in [0.2, 0.25) is 0 Å². The second kappa shape index (κ2) is 7.85. The average molecular weight is 394 g/mol. The molecule has 0 spiro atoms. The van der Waals surface area contributed by atoms with Crippen molar-refractivity contribution in [1.82, 2.24) is 10.2 Å². The van der Waals surface area contributed by atoms with Crippen LogP contribution in [0.4, 0.5) is 0 Å². The normalized spacial score (nSPS) is 28.0. The summed E-state index contributed by atoms with van der Waals surface area (Å²) in [7, 11) is 0. The van der Waals surface area contributed by atoms with Gasteiger partial charge >= 0.3 is 0 Å². The van der Waals surface area contributed by atoms with Crippen molar-refractivity contribution in [2.24, 2.45) is 39.2 Å². The van der Waals surface area contributed by atoms with Crippen molar-refractivity contribution < 1.29 is 0 Å². The molecule has 0 radical (unpaired) electrons. The van der Waals surface area contributed by atoms with Crippen LogP contribution in [0, 0.1) is 33.5 Å². The molecule has 2 fully saturated rings. The Kier molecular flexibility index (Phi) is 6.77. The van der Waals surface area contributed by atoms with Crippen molar-refractivity contribution in [3.63, 3.8) is 0 Å². The van der Waals surface area contributed by atoms with Crippen LogP contribution in [0.1, 0.15) is 94.9 Å². The number of nitrogens with zero attached hydrogens (tertiary/aromatic N) is 1. The van der Waals surface area contributed by atoms with Crippen molar-refractivity contribution in [3.8, 4) is 0 Å². The molecular weight excluding hydrogens is 342 g/mol. The number of hydrogen-bond donors (Lipinski definition) is 2. The molecule has 1 aliphatic carbocycles. The Morgan fingerprint density at radius 2 is 1.18 bits per heavy atom. The van der Waals surface area contributed by atoms with Gasteiger partial charge in [0.2, 0.25) is 0 Å². The van der Waals surface area contributed by atoms with Gasteiger partial charge in [0.1, 0.15) is 0 Å². The van der Waals surface area contributed by atoms with Crippen LogP contribution in [0.25, 0.3) is 0 Å². The van der Waals surface area contributed by atoms with E-state index < -0.39 is 0 Å². The molecule has 0 bridgehead atoms. The molecule has 0 amide bonds. The highest BCUT2D eigenvalue weighted by atomic mass is 15.3. The van der Waals surface area contributed by atoms with Gasteiger partial charge in [-0.2, -0.15) is 0 Å². The minimum absolute atomic E-state index is 0.194. The second-order valence-electron chi connectivity index (χ2n) is 13.4. The van der Waals surface area contributed by atoms with Crippen LogP contribution in [0.5, 0.6) is 0 Å². The summed E-state index contributed by atoms with van der Waals surface area (Å²) in [5, 5.41) is 3.45. The highest BCUT2D eigenvalue weighted by Gasteiger charge is 2.50. The smallest absolute Gasteiger partial charge is 0.0664 e. The van der Waals surface area contributed by atoms with Crippen molar-refractivity contribution >= 4 is 0 Å². The Bertz CT molecular complexity index is 512. The number of piperazine rings is 1.